The topological polar surface area (TPSA) is 98.7 Å². The van der Waals surface area contributed by atoms with Gasteiger partial charge in [0.2, 0.25) is 5.91 Å². The lowest BCUT2D eigenvalue weighted by Crippen LogP contribution is -2.28. The molecular weight excluding hydrogens is 160 g/mol. The van der Waals surface area contributed by atoms with Gasteiger partial charge in [-0.05, 0) is 5.21 Å². The molecule has 12 heavy (non-hydrogen) atoms. The summed E-state index contributed by atoms with van der Waals surface area (Å²) >= 11 is 0. The molecule has 0 radical (unpaired) electrons. The third kappa shape index (κ3) is 2.62. The quantitative estimate of drug-likeness (QED) is 0.533. The minimum atomic E-state index is -0.404. The molecule has 0 aromatic carbocycles. The molecule has 0 unspecified atom stereocenters. The van der Waals surface area contributed by atoms with E-state index in [1.807, 2.05) is 0 Å². The molecule has 0 aliphatic carbocycles. The molecule has 0 saturated carbocycles. The van der Waals surface area contributed by atoms with Crippen LogP contribution in [-0.4, -0.2) is 32.7 Å². The molecule has 0 atom stereocenters. The van der Waals surface area contributed by atoms with Crippen LogP contribution in [0.25, 0.3) is 0 Å². The van der Waals surface area contributed by atoms with E-state index in [4.69, 9.17) is 5.73 Å². The lowest BCUT2D eigenvalue weighted by Gasteiger charge is -1.95. The molecule has 0 bridgehead atoms. The number of hydrogen-bond acceptors (Lipinski definition) is 5. The molecule has 0 saturated heterocycles. The highest BCUT2D eigenvalue weighted by Crippen LogP contribution is 1.81. The van der Waals surface area contributed by atoms with Gasteiger partial charge in [0.25, 0.3) is 0 Å². The number of carbonyl (C=O) groups is 1. The van der Waals surface area contributed by atoms with Crippen LogP contribution in [0.3, 0.4) is 0 Å². The van der Waals surface area contributed by atoms with Crippen LogP contribution in [0.2, 0.25) is 0 Å². The highest BCUT2D eigenvalue weighted by molar-refractivity contribution is 5.75. The molecule has 1 amide bonds. The number of aromatic nitrogens is 4. The summed E-state index contributed by atoms with van der Waals surface area (Å²) in [6.45, 7) is 0.523. The third-order valence-electron chi connectivity index (χ3n) is 1.13. The molecule has 7 nitrogen and oxygen atoms in total. The molecule has 0 aliphatic rings. The molecule has 3 N–H and O–H groups in total. The van der Waals surface area contributed by atoms with E-state index >= 15 is 0 Å². The minimum absolute atomic E-state index is 0.123. The largest absolute Gasteiger partial charge is 0.369 e. The Morgan fingerprint density at radius 1 is 1.75 bits per heavy atom. The van der Waals surface area contributed by atoms with Crippen molar-refractivity contribution in [3.63, 3.8) is 0 Å². The molecule has 1 heterocycles. The van der Waals surface area contributed by atoms with E-state index in [9.17, 15) is 4.79 Å². The van der Waals surface area contributed by atoms with Gasteiger partial charge in [-0.25, -0.2) is 0 Å². The number of nitrogens with two attached hydrogens (primary N) is 1. The van der Waals surface area contributed by atoms with E-state index in [-0.39, 0.29) is 6.54 Å². The zero-order chi connectivity index (χ0) is 8.97. The fourth-order valence-corrected chi connectivity index (χ4v) is 0.692. The van der Waals surface area contributed by atoms with E-state index in [2.05, 4.69) is 20.7 Å². The summed E-state index contributed by atoms with van der Waals surface area (Å²) in [6, 6.07) is 0. The van der Waals surface area contributed by atoms with Gasteiger partial charge in [-0.2, -0.15) is 4.80 Å². The Hall–Kier alpha value is -1.50. The maximum absolute atomic E-state index is 10.3. The van der Waals surface area contributed by atoms with Crippen LogP contribution >= 0.6 is 0 Å². The Bertz CT molecular complexity index is 269. The summed E-state index contributed by atoms with van der Waals surface area (Å²) in [5.74, 6) is 0.137. The summed E-state index contributed by atoms with van der Waals surface area (Å²) in [5, 5.41) is 14.0. The third-order valence-corrected chi connectivity index (χ3v) is 1.13. The van der Waals surface area contributed by atoms with Crippen LogP contribution in [0.4, 0.5) is 0 Å². The van der Waals surface area contributed by atoms with Gasteiger partial charge in [-0.1, -0.05) is 0 Å². The first-order valence-corrected chi connectivity index (χ1v) is 3.40. The van der Waals surface area contributed by atoms with E-state index in [0.717, 1.165) is 0 Å². The average Bonchev–Trinajstić information content (AvgIpc) is 2.35. The SMILES string of the molecule is Cn1nnc(CNCC(N)=O)n1. The summed E-state index contributed by atoms with van der Waals surface area (Å²) < 4.78 is 0. The van der Waals surface area contributed by atoms with Crippen LogP contribution in [0.5, 0.6) is 0 Å². The van der Waals surface area contributed by atoms with Crippen molar-refractivity contribution in [2.75, 3.05) is 6.54 Å². The number of rotatable bonds is 4. The normalized spacial score (nSPS) is 10.1. The Balaban J connectivity index is 2.29. The highest BCUT2D eigenvalue weighted by Gasteiger charge is 1.99. The summed E-state index contributed by atoms with van der Waals surface area (Å²) in [7, 11) is 1.67. The van der Waals surface area contributed by atoms with Crippen LogP contribution in [0.15, 0.2) is 0 Å². The van der Waals surface area contributed by atoms with Crippen LogP contribution in [0, 0.1) is 0 Å². The van der Waals surface area contributed by atoms with E-state index in [1.165, 1.54) is 4.80 Å². The van der Waals surface area contributed by atoms with Crippen molar-refractivity contribution in [2.45, 2.75) is 6.54 Å². The first kappa shape index (κ1) is 8.60. The molecule has 0 spiro atoms. The second kappa shape index (κ2) is 3.77. The number of carbonyl (C=O) groups excluding carboxylic acids is 1. The van der Waals surface area contributed by atoms with Crippen molar-refractivity contribution in [1.82, 2.24) is 25.5 Å². The summed E-state index contributed by atoms with van der Waals surface area (Å²) in [5.41, 5.74) is 4.90. The number of nitrogens with zero attached hydrogens (tertiary/aromatic N) is 4. The van der Waals surface area contributed by atoms with Crippen molar-refractivity contribution < 1.29 is 4.79 Å². The van der Waals surface area contributed by atoms with E-state index in [1.54, 1.807) is 7.05 Å². The van der Waals surface area contributed by atoms with Gasteiger partial charge in [0, 0.05) is 0 Å². The zero-order valence-corrected chi connectivity index (χ0v) is 6.69. The first-order chi connectivity index (χ1) is 5.68. The van der Waals surface area contributed by atoms with Crippen LogP contribution in [0.1, 0.15) is 5.82 Å². The monoisotopic (exact) mass is 170 g/mol. The minimum Gasteiger partial charge on any atom is -0.369 e. The van der Waals surface area contributed by atoms with Crippen molar-refractivity contribution in [1.29, 1.82) is 0 Å². The lowest BCUT2D eigenvalue weighted by atomic mass is 10.5. The number of nitrogens with one attached hydrogen (secondary N) is 1. The van der Waals surface area contributed by atoms with Crippen molar-refractivity contribution in [2.24, 2.45) is 12.8 Å². The molecule has 1 rings (SSSR count). The van der Waals surface area contributed by atoms with Crippen molar-refractivity contribution >= 4 is 5.91 Å². The standard InChI is InChI=1S/C5H10N6O/c1-11-9-5(8-10-11)3-7-2-4(6)12/h7H,2-3H2,1H3,(H2,6,12). The fraction of sp³-hybridized carbons (Fsp3) is 0.600. The zero-order valence-electron chi connectivity index (χ0n) is 6.69. The second-order valence-corrected chi connectivity index (χ2v) is 2.26. The van der Waals surface area contributed by atoms with Gasteiger partial charge in [-0.3, -0.25) is 4.79 Å². The van der Waals surface area contributed by atoms with Gasteiger partial charge >= 0.3 is 0 Å². The predicted molar refractivity (Wildman–Crippen MR) is 39.7 cm³/mol. The maximum atomic E-state index is 10.3. The Kier molecular flexibility index (Phi) is 2.70. The molecule has 66 valence electrons. The smallest absolute Gasteiger partial charge is 0.231 e. The highest BCUT2D eigenvalue weighted by atomic mass is 16.1. The molecule has 1 aromatic rings. The van der Waals surface area contributed by atoms with Gasteiger partial charge < -0.3 is 11.1 Å². The number of amides is 1. The van der Waals surface area contributed by atoms with Crippen molar-refractivity contribution in [3.8, 4) is 0 Å². The summed E-state index contributed by atoms with van der Waals surface area (Å²) in [4.78, 5) is 11.6. The van der Waals surface area contributed by atoms with Crippen LogP contribution in [-0.2, 0) is 18.4 Å². The predicted octanol–water partition coefficient (Wildman–Crippen LogP) is -2.21. The first-order valence-electron chi connectivity index (χ1n) is 3.40. The van der Waals surface area contributed by atoms with Gasteiger partial charge in [0.15, 0.2) is 5.82 Å². The van der Waals surface area contributed by atoms with E-state index < -0.39 is 5.91 Å². The van der Waals surface area contributed by atoms with Gasteiger partial charge in [0.05, 0.1) is 20.1 Å². The molecule has 7 heteroatoms. The fourth-order valence-electron chi connectivity index (χ4n) is 0.692. The number of primary amides is 1. The van der Waals surface area contributed by atoms with Crippen LogP contribution < -0.4 is 11.1 Å². The molecule has 0 fully saturated rings. The molecule has 0 aliphatic heterocycles. The summed E-state index contributed by atoms with van der Waals surface area (Å²) in [6.07, 6.45) is 0. The molecule has 1 aromatic heterocycles. The number of hydrogen-bond donors (Lipinski definition) is 2. The van der Waals surface area contributed by atoms with Gasteiger partial charge in [-0.15, -0.1) is 10.2 Å². The number of aryl methyl sites for hydroxylation is 1. The van der Waals surface area contributed by atoms with Gasteiger partial charge in [0.1, 0.15) is 0 Å². The number of tetrazole rings is 1. The molecular formula is C5H10N6O. The Morgan fingerprint density at radius 3 is 3.00 bits per heavy atom. The average molecular weight is 170 g/mol. The Labute approximate surface area is 68.9 Å². The lowest BCUT2D eigenvalue weighted by molar-refractivity contribution is -0.117. The van der Waals surface area contributed by atoms with Crippen molar-refractivity contribution in [3.05, 3.63) is 5.82 Å². The maximum Gasteiger partial charge on any atom is 0.231 e. The second-order valence-electron chi connectivity index (χ2n) is 2.26. The Morgan fingerprint density at radius 2 is 2.50 bits per heavy atom. The van der Waals surface area contributed by atoms with E-state index in [0.29, 0.717) is 12.4 Å².